The third-order valence-corrected chi connectivity index (χ3v) is 13.6. The van der Waals surface area contributed by atoms with E-state index in [0.717, 1.165) is 22.2 Å². The van der Waals surface area contributed by atoms with Crippen molar-refractivity contribution in [1.82, 2.24) is 14.1 Å². The third-order valence-electron chi connectivity index (χ3n) is 6.85. The summed E-state index contributed by atoms with van der Waals surface area (Å²) in [6.45, 7) is 15.1. The maximum Gasteiger partial charge on any atom is 0.407 e. The van der Waals surface area contributed by atoms with E-state index in [0.29, 0.717) is 42.0 Å². The molecule has 1 aliphatic heterocycles. The van der Waals surface area contributed by atoms with E-state index in [2.05, 4.69) is 64.1 Å². The molecule has 2 aromatic heterocycles. The molecular formula is C23H35N3O3Si. The maximum atomic E-state index is 11.3. The Hall–Kier alpha value is -2.28. The molecule has 3 heterocycles. The fraction of sp³-hybridized carbons (Fsp3) is 0.565. The molecule has 1 N–H and O–H groups in total. The molecule has 7 heteroatoms. The van der Waals surface area contributed by atoms with Crippen LogP contribution in [-0.2, 0) is 0 Å². The smallest absolute Gasteiger partial charge is 0.407 e. The monoisotopic (exact) mass is 429 g/mol. The van der Waals surface area contributed by atoms with Crippen molar-refractivity contribution in [3.63, 3.8) is 0 Å². The van der Waals surface area contributed by atoms with Crippen LogP contribution < -0.4 is 4.74 Å². The van der Waals surface area contributed by atoms with Gasteiger partial charge in [-0.2, -0.15) is 0 Å². The number of methoxy groups -OCH3 is 1. The van der Waals surface area contributed by atoms with Crippen molar-refractivity contribution in [2.24, 2.45) is 0 Å². The van der Waals surface area contributed by atoms with Crippen molar-refractivity contribution in [3.05, 3.63) is 30.0 Å². The minimum atomic E-state index is -1.91. The van der Waals surface area contributed by atoms with E-state index in [4.69, 9.17) is 9.72 Å². The van der Waals surface area contributed by atoms with Gasteiger partial charge in [0.2, 0.25) is 5.88 Å². The summed E-state index contributed by atoms with van der Waals surface area (Å²) in [5, 5.41) is 9.25. The van der Waals surface area contributed by atoms with E-state index >= 15 is 0 Å². The van der Waals surface area contributed by atoms with Crippen LogP contribution in [0.5, 0.6) is 5.88 Å². The molecule has 0 fully saturated rings. The van der Waals surface area contributed by atoms with Crippen LogP contribution in [0, 0.1) is 0 Å². The Balaban J connectivity index is 2.19. The molecular weight excluding hydrogens is 394 g/mol. The molecule has 6 nitrogen and oxygen atoms in total. The Morgan fingerprint density at radius 2 is 1.80 bits per heavy atom. The first kappa shape index (κ1) is 22.4. The third kappa shape index (κ3) is 3.53. The van der Waals surface area contributed by atoms with E-state index in [1.165, 1.54) is 4.90 Å². The Bertz CT molecular complexity index is 940. The number of fused-ring (bicyclic) bond motifs is 1. The molecule has 0 unspecified atom stereocenters. The molecule has 0 saturated heterocycles. The second kappa shape index (κ2) is 8.45. The Morgan fingerprint density at radius 1 is 1.17 bits per heavy atom. The van der Waals surface area contributed by atoms with Crippen molar-refractivity contribution in [3.8, 4) is 5.88 Å². The fourth-order valence-corrected chi connectivity index (χ4v) is 12.3. The number of aromatic nitrogens is 2. The van der Waals surface area contributed by atoms with Crippen molar-refractivity contribution >= 4 is 30.9 Å². The number of nitrogens with zero attached hydrogens (tertiary/aromatic N) is 3. The van der Waals surface area contributed by atoms with E-state index in [-0.39, 0.29) is 0 Å². The molecule has 1 amide bonds. The SMILES string of the molecule is COc1nc2ccn([Si](C(C)C)(C(C)C)C(C)C)c2cc1C1=CCN(C(=O)O)CC1. The number of ether oxygens (including phenoxy) is 1. The van der Waals surface area contributed by atoms with Crippen LogP contribution in [0.2, 0.25) is 16.6 Å². The molecule has 0 spiro atoms. The molecule has 0 radical (unpaired) electrons. The standard InChI is InChI=1S/C23H35N3O3Si/c1-15(2)30(16(3)4,17(5)6)26-13-10-20-21(26)14-19(22(24-20)29-7)18-8-11-25(12-9-18)23(27)28/h8,10,13-17H,9,11-12H2,1-7H3,(H,27,28). The minimum absolute atomic E-state index is 0.398. The summed E-state index contributed by atoms with van der Waals surface area (Å²) in [6.07, 6.45) is 4.02. The van der Waals surface area contributed by atoms with E-state index in [1.807, 2.05) is 6.08 Å². The van der Waals surface area contributed by atoms with Crippen LogP contribution in [0.25, 0.3) is 16.6 Å². The van der Waals surface area contributed by atoms with Gasteiger partial charge in [0.1, 0.15) is 0 Å². The first-order valence-electron chi connectivity index (χ1n) is 10.9. The van der Waals surface area contributed by atoms with Gasteiger partial charge < -0.3 is 19.0 Å². The number of hydrogen-bond donors (Lipinski definition) is 1. The van der Waals surface area contributed by atoms with Gasteiger partial charge >= 0.3 is 6.09 Å². The van der Waals surface area contributed by atoms with Crippen LogP contribution >= 0.6 is 0 Å². The fourth-order valence-electron chi connectivity index (χ4n) is 5.69. The lowest BCUT2D eigenvalue weighted by atomic mass is 10.00. The zero-order valence-electron chi connectivity index (χ0n) is 19.3. The van der Waals surface area contributed by atoms with Crippen LogP contribution in [-0.4, -0.2) is 53.8 Å². The largest absolute Gasteiger partial charge is 0.481 e. The van der Waals surface area contributed by atoms with Gasteiger partial charge in [0.05, 0.1) is 18.1 Å². The summed E-state index contributed by atoms with van der Waals surface area (Å²) in [7, 11) is -0.262. The second-order valence-electron chi connectivity index (χ2n) is 9.19. The number of carboxylic acid groups (broad SMARTS) is 1. The average molecular weight is 430 g/mol. The molecule has 0 saturated carbocycles. The van der Waals surface area contributed by atoms with Gasteiger partial charge in [0.25, 0.3) is 0 Å². The summed E-state index contributed by atoms with van der Waals surface area (Å²) in [4.78, 5) is 17.5. The van der Waals surface area contributed by atoms with Crippen LogP contribution in [0.1, 0.15) is 53.5 Å². The van der Waals surface area contributed by atoms with Gasteiger partial charge in [-0.1, -0.05) is 47.6 Å². The lowest BCUT2D eigenvalue weighted by Gasteiger charge is -2.44. The number of pyridine rings is 1. The van der Waals surface area contributed by atoms with Gasteiger partial charge in [-0.25, -0.2) is 9.78 Å². The Kier molecular flexibility index (Phi) is 6.31. The molecule has 30 heavy (non-hydrogen) atoms. The number of rotatable bonds is 6. The minimum Gasteiger partial charge on any atom is -0.481 e. The highest BCUT2D eigenvalue weighted by Crippen LogP contribution is 2.44. The Labute approximate surface area is 180 Å². The molecule has 1 aliphatic rings. The normalized spacial score (nSPS) is 15.4. The summed E-state index contributed by atoms with van der Waals surface area (Å²) in [5.74, 6) is 0.612. The van der Waals surface area contributed by atoms with Crippen molar-refractivity contribution in [2.45, 2.75) is 64.6 Å². The van der Waals surface area contributed by atoms with E-state index in [1.54, 1.807) is 7.11 Å². The number of amides is 1. The molecule has 3 rings (SSSR count). The van der Waals surface area contributed by atoms with Crippen molar-refractivity contribution < 1.29 is 14.6 Å². The lowest BCUT2D eigenvalue weighted by Crippen LogP contribution is -2.51. The molecule has 0 atom stereocenters. The molecule has 164 valence electrons. The zero-order valence-corrected chi connectivity index (χ0v) is 20.3. The summed E-state index contributed by atoms with van der Waals surface area (Å²) < 4.78 is 8.20. The van der Waals surface area contributed by atoms with Gasteiger partial charge in [-0.05, 0) is 46.9 Å². The maximum absolute atomic E-state index is 11.3. The zero-order chi connectivity index (χ0) is 22.2. The number of carbonyl (C=O) groups is 1. The topological polar surface area (TPSA) is 67.6 Å². The Morgan fingerprint density at radius 3 is 2.27 bits per heavy atom. The highest BCUT2D eigenvalue weighted by molar-refractivity contribution is 6.82. The van der Waals surface area contributed by atoms with E-state index in [9.17, 15) is 9.90 Å². The van der Waals surface area contributed by atoms with Gasteiger partial charge in [-0.3, -0.25) is 0 Å². The highest BCUT2D eigenvalue weighted by atomic mass is 28.3. The van der Waals surface area contributed by atoms with Crippen LogP contribution in [0.4, 0.5) is 4.79 Å². The summed E-state index contributed by atoms with van der Waals surface area (Å²) >= 11 is 0. The first-order chi connectivity index (χ1) is 14.1. The number of hydrogen-bond acceptors (Lipinski definition) is 3. The molecule has 0 aliphatic carbocycles. The first-order valence-corrected chi connectivity index (χ1v) is 13.1. The predicted octanol–water partition coefficient (Wildman–Crippen LogP) is 5.84. The average Bonchev–Trinajstić information content (AvgIpc) is 3.09. The van der Waals surface area contributed by atoms with Crippen molar-refractivity contribution in [1.29, 1.82) is 0 Å². The van der Waals surface area contributed by atoms with Gasteiger partial charge in [-0.15, -0.1) is 0 Å². The van der Waals surface area contributed by atoms with Crippen molar-refractivity contribution in [2.75, 3.05) is 20.2 Å². The predicted molar refractivity (Wildman–Crippen MR) is 125 cm³/mol. The quantitative estimate of drug-likeness (QED) is 0.586. The van der Waals surface area contributed by atoms with Crippen LogP contribution in [0.15, 0.2) is 24.4 Å². The molecule has 0 bridgehead atoms. The van der Waals surface area contributed by atoms with Crippen LogP contribution in [0.3, 0.4) is 0 Å². The van der Waals surface area contributed by atoms with E-state index < -0.39 is 14.3 Å². The molecule has 2 aromatic rings. The molecule has 0 aromatic carbocycles. The lowest BCUT2D eigenvalue weighted by molar-refractivity contribution is 0.150. The second-order valence-corrected chi connectivity index (χ2v) is 14.9. The van der Waals surface area contributed by atoms with Gasteiger partial charge in [0.15, 0.2) is 8.24 Å². The summed E-state index contributed by atoms with van der Waals surface area (Å²) in [5.41, 5.74) is 5.95. The highest BCUT2D eigenvalue weighted by Gasteiger charge is 2.45. The summed E-state index contributed by atoms with van der Waals surface area (Å²) in [6, 6.07) is 4.33. The van der Waals surface area contributed by atoms with Gasteiger partial charge in [0, 0.05) is 18.7 Å².